The molecule has 1 unspecified atom stereocenters. The average Bonchev–Trinajstić information content (AvgIpc) is 2.86. The second-order valence-corrected chi connectivity index (χ2v) is 20.9. The standard InChI is InChI=1S/2C22H22N4O3.C11H12N2.C10H12N2O2.CO2.2ClH.H3P/c2*1-14(15-8-4-3-5-9-15)16-12-17(25-24-16)21(27)23-18-13-29-20-11-7-6-10-19(20)26(2)22(18)28;1-9(11-7-8-12-13-11)10-5-3-2-4-6-10;1-12-8-4-2-3-5-9(8)14-6-7(11)10(12)13;2-1-3;;;/h2*3-11,14,18H,12-13H2,1-2H3,(H,23,27);2-6,8-9H,7H2,1H3;2-5,7H,6,11H2,1H3;;2*1H;1H3/t2*14-,18+;;7-;;;;/m11.0..../s1/i;;;;;;;1T3. The maximum absolute atomic E-state index is 12.8. The van der Waals surface area contributed by atoms with Gasteiger partial charge in [0.1, 0.15) is 66.6 Å². The summed E-state index contributed by atoms with van der Waals surface area (Å²) in [6.45, 7) is 6.61. The van der Waals surface area contributed by atoms with Crippen molar-refractivity contribution in [1.29, 1.82) is 3.84 Å². The molecule has 6 aliphatic heterocycles. The average molecular weight is 1300 g/mol. The Morgan fingerprint density at radius 1 is 0.516 bits per heavy atom. The molecule has 22 nitrogen and oxygen atoms in total. The Labute approximate surface area is 547 Å². The third-order valence-electron chi connectivity index (χ3n) is 15.2. The van der Waals surface area contributed by atoms with E-state index in [4.69, 9.17) is 33.4 Å². The highest BCUT2D eigenvalue weighted by Crippen LogP contribution is 2.33. The Morgan fingerprint density at radius 3 is 1.19 bits per heavy atom. The molecule has 0 saturated heterocycles. The lowest BCUT2D eigenvalue weighted by Crippen LogP contribution is -2.51. The Hall–Kier alpha value is -9.56. The van der Waals surface area contributed by atoms with Crippen molar-refractivity contribution in [2.24, 2.45) is 36.3 Å². The van der Waals surface area contributed by atoms with Crippen LogP contribution in [0.3, 0.4) is 0 Å². The minimum atomic E-state index is -1.87. The van der Waals surface area contributed by atoms with Crippen LogP contribution in [-0.4, -0.2) is 133 Å². The molecular formula is C66H73Cl2N12O10P. The summed E-state index contributed by atoms with van der Waals surface area (Å²) in [6.07, 6.45) is 3.73. The molecule has 6 aromatic rings. The summed E-state index contributed by atoms with van der Waals surface area (Å²) in [6, 6.07) is 50.2. The Bertz CT molecular complexity index is 3630. The van der Waals surface area contributed by atoms with Gasteiger partial charge in [0.15, 0.2) is 0 Å². The zero-order valence-corrected chi connectivity index (χ0v) is 53.3. The van der Waals surface area contributed by atoms with Crippen molar-refractivity contribution < 1.29 is 47.8 Å². The van der Waals surface area contributed by atoms with Gasteiger partial charge in [-0.15, -0.1) is 35.0 Å². The summed E-state index contributed by atoms with van der Waals surface area (Å²) in [5.41, 5.74) is 14.7. The van der Waals surface area contributed by atoms with Crippen LogP contribution in [0.5, 0.6) is 17.2 Å². The number of anilines is 3. The van der Waals surface area contributed by atoms with E-state index in [1.807, 2.05) is 147 Å². The van der Waals surface area contributed by atoms with Crippen LogP contribution in [-0.2, 0) is 33.6 Å². The number of nitrogens with two attached hydrogens (primary N) is 1. The van der Waals surface area contributed by atoms with E-state index >= 15 is 0 Å². The van der Waals surface area contributed by atoms with Crippen LogP contribution in [0.2, 0.25) is 0 Å². The SMILES string of the molecule is CC(C1=NN=CC1)c1ccccc1.CN1C(=O)[C@@H](N)COc2ccccc21.C[C@@H](C1=NN=C(C(=O)N[C@H]2COc3ccccc3N(C)C2=O)C1)c1ccccc1.C[C@@H](C1=NN=C(C(=O)N[C@H]2COc3ccccc3N(C)C2=O)C1)c1ccccc1.Cl.Cl.O=C=O.[3H]P([3H])[3H]. The molecule has 0 aromatic heterocycles. The predicted octanol–water partition coefficient (Wildman–Crippen LogP) is 8.37. The van der Waals surface area contributed by atoms with E-state index in [-0.39, 0.29) is 80.3 Å². The third kappa shape index (κ3) is 18.5. The highest BCUT2D eigenvalue weighted by atomic mass is 35.5. The summed E-state index contributed by atoms with van der Waals surface area (Å²) >= 11 is 0. The number of hydrogen-bond acceptors (Lipinski definition) is 17. The topological polar surface area (TPSA) is 281 Å². The van der Waals surface area contributed by atoms with Crippen molar-refractivity contribution in [3.63, 3.8) is 0 Å². The van der Waals surface area contributed by atoms with Gasteiger partial charge in [-0.1, -0.05) is 148 Å². The highest BCUT2D eigenvalue weighted by Gasteiger charge is 2.35. The molecule has 6 atom stereocenters. The van der Waals surface area contributed by atoms with Crippen LogP contribution < -0.4 is 45.3 Å². The summed E-state index contributed by atoms with van der Waals surface area (Å²) in [7, 11) is 3.18. The molecule has 6 aliphatic rings. The van der Waals surface area contributed by atoms with Crippen molar-refractivity contribution in [1.82, 2.24) is 10.6 Å². The number of nitrogens with zero attached hydrogens (tertiary/aromatic N) is 9. The normalized spacial score (nSPS) is 18.6. The van der Waals surface area contributed by atoms with Crippen LogP contribution in [0.1, 0.15) is 74.5 Å². The van der Waals surface area contributed by atoms with Crippen molar-refractivity contribution in [3.8, 4) is 17.2 Å². The quantitative estimate of drug-likeness (QED) is 0.110. The van der Waals surface area contributed by atoms with Crippen LogP contribution in [0.25, 0.3) is 0 Å². The minimum absolute atomic E-state index is 0. The summed E-state index contributed by atoms with van der Waals surface area (Å²) in [4.78, 5) is 83.4. The zero-order chi connectivity index (χ0) is 66.3. The predicted molar refractivity (Wildman–Crippen MR) is 363 cm³/mol. The number of ether oxygens (including phenoxy) is 3. The number of halogens is 2. The first-order valence-corrected chi connectivity index (χ1v) is 28.4. The first-order chi connectivity index (χ1) is 44.3. The zero-order valence-electron chi connectivity index (χ0n) is 53.8. The molecule has 25 heteroatoms. The van der Waals surface area contributed by atoms with Crippen molar-refractivity contribution in [3.05, 3.63) is 180 Å². The van der Waals surface area contributed by atoms with E-state index in [1.54, 1.807) is 33.3 Å². The molecule has 5 amide bonds. The molecule has 0 fully saturated rings. The molecule has 476 valence electrons. The lowest BCUT2D eigenvalue weighted by atomic mass is 9.93. The van der Waals surface area contributed by atoms with Gasteiger partial charge in [0.25, 0.3) is 23.6 Å². The van der Waals surface area contributed by atoms with Crippen molar-refractivity contribution >= 4 is 122 Å². The number of carbonyl (C=O) groups excluding carboxylic acids is 7. The molecule has 0 bridgehead atoms. The van der Waals surface area contributed by atoms with Gasteiger partial charge in [-0.2, -0.15) is 39.7 Å². The van der Waals surface area contributed by atoms with Crippen molar-refractivity contribution in [2.45, 2.75) is 75.9 Å². The largest absolute Gasteiger partial charge is 0.489 e. The summed E-state index contributed by atoms with van der Waals surface area (Å²) < 4.78 is 34.8. The highest BCUT2D eigenvalue weighted by molar-refractivity contribution is 6.92. The lowest BCUT2D eigenvalue weighted by Gasteiger charge is -2.20. The number of amides is 5. The second kappa shape index (κ2) is 35.0. The van der Waals surface area contributed by atoms with Gasteiger partial charge in [-0.3, -0.25) is 24.0 Å². The molecule has 0 saturated carbocycles. The molecule has 4 N–H and O–H groups in total. The van der Waals surface area contributed by atoms with E-state index in [9.17, 15) is 24.0 Å². The van der Waals surface area contributed by atoms with Crippen LogP contribution in [0.4, 0.5) is 17.1 Å². The van der Waals surface area contributed by atoms with E-state index in [0.717, 1.165) is 40.4 Å². The summed E-state index contributed by atoms with van der Waals surface area (Å²) in [5, 5.41) is 30.0. The third-order valence-corrected chi connectivity index (χ3v) is 15.2. The molecule has 6 aromatic carbocycles. The van der Waals surface area contributed by atoms with Gasteiger partial charge < -0.3 is 45.3 Å². The second-order valence-electron chi connectivity index (χ2n) is 20.9. The van der Waals surface area contributed by atoms with Gasteiger partial charge in [-0.05, 0) is 53.1 Å². The van der Waals surface area contributed by atoms with Crippen molar-refractivity contribution in [2.75, 3.05) is 55.7 Å². The smallest absolute Gasteiger partial charge is 0.373 e. The van der Waals surface area contributed by atoms with Gasteiger partial charge in [0.2, 0.25) is 5.91 Å². The number of benzene rings is 6. The summed E-state index contributed by atoms with van der Waals surface area (Å²) in [5.74, 6) is 1.07. The molecule has 0 radical (unpaired) electrons. The molecular weight excluding hydrogens is 1220 g/mol. The Morgan fingerprint density at radius 2 is 0.835 bits per heavy atom. The Balaban J connectivity index is 0.000000229. The molecule has 0 spiro atoms. The van der Waals surface area contributed by atoms with Gasteiger partial charge in [0.05, 0.1) is 38.0 Å². The lowest BCUT2D eigenvalue weighted by molar-refractivity contribution is -0.191. The number of para-hydroxylation sites is 6. The monoisotopic (exact) mass is 1300 g/mol. The fraction of sp³-hybridized carbons (Fsp3) is 0.273. The van der Waals surface area contributed by atoms with Crippen LogP contribution >= 0.6 is 34.5 Å². The van der Waals surface area contributed by atoms with Gasteiger partial charge >= 0.3 is 6.15 Å². The van der Waals surface area contributed by atoms with Crippen LogP contribution in [0.15, 0.2) is 194 Å². The van der Waals surface area contributed by atoms with E-state index in [0.29, 0.717) is 58.8 Å². The Kier molecular flexibility index (Phi) is 25.9. The van der Waals surface area contributed by atoms with E-state index < -0.39 is 39.7 Å². The number of likely N-dealkylation sites (N-methyl/N-ethyl adjacent to an activating group) is 3. The maximum Gasteiger partial charge on any atom is 0.373 e. The van der Waals surface area contributed by atoms with E-state index in [1.165, 1.54) is 20.3 Å². The molecule has 12 rings (SSSR count). The first kappa shape index (κ1) is 67.4. The molecule has 0 aliphatic carbocycles. The fourth-order valence-electron chi connectivity index (χ4n) is 9.89. The fourth-order valence-corrected chi connectivity index (χ4v) is 9.89. The number of hydrogen-bond donors (Lipinski definition) is 3. The molecule has 6 heterocycles. The minimum Gasteiger partial charge on any atom is -0.489 e. The number of rotatable bonds is 10. The van der Waals surface area contributed by atoms with Gasteiger partial charge in [0, 0.05) is 64.4 Å². The number of carbonyl (C=O) groups is 5. The first-order valence-electron chi connectivity index (χ1n) is 29.8. The van der Waals surface area contributed by atoms with Gasteiger partial charge in [-0.25, -0.2) is 0 Å². The number of nitrogens with one attached hydrogen (secondary N) is 2. The van der Waals surface area contributed by atoms with E-state index in [2.05, 4.69) is 72.4 Å². The molecule has 91 heavy (non-hydrogen) atoms. The van der Waals surface area contributed by atoms with Crippen LogP contribution in [0, 0.1) is 0 Å². The maximum atomic E-state index is 12.8. The number of fused-ring (bicyclic) bond motifs is 3.